The molecule has 2 atom stereocenters. The van der Waals surface area contributed by atoms with Crippen LogP contribution in [0.4, 0.5) is 0 Å². The standard InChI is InChI=1S/C18H24N2O4S/c21-13-17(11-15-7-3-1-4-8-15)19-25(23,24)20-18(14-22)12-16-9-5-2-6-10-16/h1-10,17-22H,11-14H2/t17-,18-/m0/s1. The van der Waals surface area contributed by atoms with Crippen LogP contribution in [0.15, 0.2) is 60.7 Å². The molecule has 0 radical (unpaired) electrons. The molecule has 0 aliphatic rings. The SMILES string of the molecule is O=S(=O)(N[C@H](CO)Cc1ccccc1)N[C@H](CO)Cc1ccccc1. The molecule has 4 N–H and O–H groups in total. The minimum absolute atomic E-state index is 0.321. The first-order chi connectivity index (χ1) is 12.0. The minimum atomic E-state index is -3.86. The normalized spacial score (nSPS) is 14.2. The third-order valence-corrected chi connectivity index (χ3v) is 5.02. The predicted molar refractivity (Wildman–Crippen MR) is 97.2 cm³/mol. The van der Waals surface area contributed by atoms with Gasteiger partial charge in [0.1, 0.15) is 0 Å². The lowest BCUT2D eigenvalue weighted by Gasteiger charge is -2.21. The van der Waals surface area contributed by atoms with Crippen LogP contribution < -0.4 is 9.44 Å². The summed E-state index contributed by atoms with van der Waals surface area (Å²) in [6, 6.07) is 17.4. The maximum absolute atomic E-state index is 12.3. The summed E-state index contributed by atoms with van der Waals surface area (Å²) in [5, 5.41) is 18.9. The van der Waals surface area contributed by atoms with Crippen molar-refractivity contribution in [2.75, 3.05) is 13.2 Å². The largest absolute Gasteiger partial charge is 0.395 e. The fourth-order valence-electron chi connectivity index (χ4n) is 2.56. The van der Waals surface area contributed by atoms with Gasteiger partial charge in [0.2, 0.25) is 0 Å². The van der Waals surface area contributed by atoms with Crippen LogP contribution in [0, 0.1) is 0 Å². The second-order valence-corrected chi connectivity index (χ2v) is 7.36. The summed E-state index contributed by atoms with van der Waals surface area (Å²) in [7, 11) is -3.86. The van der Waals surface area contributed by atoms with Crippen LogP contribution in [0.1, 0.15) is 11.1 Å². The van der Waals surface area contributed by atoms with Gasteiger partial charge in [-0.2, -0.15) is 17.9 Å². The Labute approximate surface area is 148 Å². The molecule has 0 spiro atoms. The van der Waals surface area contributed by atoms with E-state index in [1.165, 1.54) is 0 Å². The van der Waals surface area contributed by atoms with Crippen molar-refractivity contribution in [1.29, 1.82) is 0 Å². The monoisotopic (exact) mass is 364 g/mol. The highest BCUT2D eigenvalue weighted by molar-refractivity contribution is 7.87. The summed E-state index contributed by atoms with van der Waals surface area (Å²) in [6.07, 6.45) is 0.751. The number of aliphatic hydroxyl groups is 2. The fraction of sp³-hybridized carbons (Fsp3) is 0.333. The fourth-order valence-corrected chi connectivity index (χ4v) is 3.82. The minimum Gasteiger partial charge on any atom is -0.395 e. The molecule has 2 aromatic rings. The van der Waals surface area contributed by atoms with Crippen molar-refractivity contribution in [2.45, 2.75) is 24.9 Å². The highest BCUT2D eigenvalue weighted by atomic mass is 32.2. The number of rotatable bonds is 10. The maximum atomic E-state index is 12.3. The average molecular weight is 364 g/mol. The Morgan fingerprint density at radius 2 is 1.08 bits per heavy atom. The van der Waals surface area contributed by atoms with Crippen molar-refractivity contribution >= 4 is 10.2 Å². The lowest BCUT2D eigenvalue weighted by molar-refractivity contribution is 0.249. The molecule has 0 heterocycles. The van der Waals surface area contributed by atoms with Crippen LogP contribution in [0.3, 0.4) is 0 Å². The van der Waals surface area contributed by atoms with Gasteiger partial charge in [0.05, 0.1) is 25.3 Å². The van der Waals surface area contributed by atoms with Crippen molar-refractivity contribution < 1.29 is 18.6 Å². The molecule has 0 aliphatic heterocycles. The molecule has 0 saturated heterocycles. The van der Waals surface area contributed by atoms with Gasteiger partial charge in [-0.15, -0.1) is 0 Å². The zero-order valence-electron chi connectivity index (χ0n) is 13.9. The van der Waals surface area contributed by atoms with E-state index >= 15 is 0 Å². The highest BCUT2D eigenvalue weighted by Gasteiger charge is 2.21. The van der Waals surface area contributed by atoms with E-state index in [-0.39, 0.29) is 13.2 Å². The molecule has 2 aromatic carbocycles. The summed E-state index contributed by atoms with van der Waals surface area (Å²) in [4.78, 5) is 0. The summed E-state index contributed by atoms with van der Waals surface area (Å²) >= 11 is 0. The Hall–Kier alpha value is -1.77. The second kappa shape index (κ2) is 9.65. The van der Waals surface area contributed by atoms with E-state index in [9.17, 15) is 18.6 Å². The molecule has 2 rings (SSSR count). The zero-order valence-corrected chi connectivity index (χ0v) is 14.7. The summed E-state index contributed by atoms with van der Waals surface area (Å²) in [5.41, 5.74) is 1.85. The Morgan fingerprint density at radius 3 is 1.40 bits per heavy atom. The van der Waals surface area contributed by atoms with Gasteiger partial charge >= 0.3 is 0 Å². The van der Waals surface area contributed by atoms with Gasteiger partial charge in [0, 0.05) is 0 Å². The Bertz CT molecular complexity index is 666. The number of benzene rings is 2. The Morgan fingerprint density at radius 1 is 0.720 bits per heavy atom. The number of hydrogen-bond acceptors (Lipinski definition) is 4. The zero-order chi connectivity index (χ0) is 18.1. The molecule has 7 heteroatoms. The summed E-state index contributed by atoms with van der Waals surface area (Å²) in [6.45, 7) is -0.642. The van der Waals surface area contributed by atoms with Gasteiger partial charge in [0.15, 0.2) is 0 Å². The number of hydrogen-bond donors (Lipinski definition) is 4. The van der Waals surface area contributed by atoms with Crippen LogP contribution in [0.2, 0.25) is 0 Å². The molecule has 0 aromatic heterocycles. The molecule has 136 valence electrons. The lowest BCUT2D eigenvalue weighted by atomic mass is 10.1. The first-order valence-electron chi connectivity index (χ1n) is 8.11. The third-order valence-electron chi connectivity index (χ3n) is 3.73. The van der Waals surface area contributed by atoms with Crippen molar-refractivity contribution in [2.24, 2.45) is 0 Å². The van der Waals surface area contributed by atoms with Crippen LogP contribution in [0.5, 0.6) is 0 Å². The molecule has 25 heavy (non-hydrogen) atoms. The molecular formula is C18H24N2O4S. The van der Waals surface area contributed by atoms with E-state index in [0.29, 0.717) is 12.8 Å². The van der Waals surface area contributed by atoms with Crippen molar-refractivity contribution in [3.05, 3.63) is 71.8 Å². The molecular weight excluding hydrogens is 340 g/mol. The van der Waals surface area contributed by atoms with E-state index in [1.54, 1.807) is 0 Å². The topological polar surface area (TPSA) is 98.7 Å². The van der Waals surface area contributed by atoms with Gasteiger partial charge < -0.3 is 10.2 Å². The van der Waals surface area contributed by atoms with Gasteiger partial charge in [-0.25, -0.2) is 0 Å². The summed E-state index contributed by atoms with van der Waals surface area (Å²) < 4.78 is 29.5. The van der Waals surface area contributed by atoms with E-state index in [0.717, 1.165) is 11.1 Å². The lowest BCUT2D eigenvalue weighted by Crippen LogP contribution is -2.50. The summed E-state index contributed by atoms with van der Waals surface area (Å²) in [5.74, 6) is 0. The number of nitrogens with one attached hydrogen (secondary N) is 2. The van der Waals surface area contributed by atoms with Crippen molar-refractivity contribution in [1.82, 2.24) is 9.44 Å². The Balaban J connectivity index is 1.96. The van der Waals surface area contributed by atoms with Gasteiger partial charge in [-0.3, -0.25) is 0 Å². The first kappa shape index (κ1) is 19.6. The maximum Gasteiger partial charge on any atom is 0.277 e. The van der Waals surface area contributed by atoms with Gasteiger partial charge in [0.25, 0.3) is 10.2 Å². The van der Waals surface area contributed by atoms with E-state index in [4.69, 9.17) is 0 Å². The molecule has 0 saturated carbocycles. The van der Waals surface area contributed by atoms with Crippen LogP contribution in [0.25, 0.3) is 0 Å². The molecule has 0 unspecified atom stereocenters. The molecule has 0 fully saturated rings. The molecule has 0 bridgehead atoms. The molecule has 0 amide bonds. The van der Waals surface area contributed by atoms with Gasteiger partial charge in [-0.1, -0.05) is 60.7 Å². The van der Waals surface area contributed by atoms with Crippen molar-refractivity contribution in [3.63, 3.8) is 0 Å². The number of aliphatic hydroxyl groups excluding tert-OH is 2. The van der Waals surface area contributed by atoms with E-state index in [2.05, 4.69) is 9.44 Å². The smallest absolute Gasteiger partial charge is 0.277 e. The third kappa shape index (κ3) is 6.93. The molecule has 0 aliphatic carbocycles. The van der Waals surface area contributed by atoms with Crippen LogP contribution >= 0.6 is 0 Å². The molecule has 6 nitrogen and oxygen atoms in total. The Kier molecular flexibility index (Phi) is 7.54. The quantitative estimate of drug-likeness (QED) is 0.497. The van der Waals surface area contributed by atoms with Gasteiger partial charge in [-0.05, 0) is 24.0 Å². The average Bonchev–Trinajstić information content (AvgIpc) is 2.62. The highest BCUT2D eigenvalue weighted by Crippen LogP contribution is 2.06. The predicted octanol–water partition coefficient (Wildman–Crippen LogP) is 0.618. The van der Waals surface area contributed by atoms with E-state index in [1.807, 2.05) is 60.7 Å². The second-order valence-electron chi connectivity index (χ2n) is 5.88. The first-order valence-corrected chi connectivity index (χ1v) is 9.60. The van der Waals surface area contributed by atoms with E-state index < -0.39 is 22.3 Å². The van der Waals surface area contributed by atoms with Crippen LogP contribution in [-0.2, 0) is 23.1 Å². The van der Waals surface area contributed by atoms with Crippen molar-refractivity contribution in [3.8, 4) is 0 Å². The van der Waals surface area contributed by atoms with Crippen LogP contribution in [-0.4, -0.2) is 43.9 Å².